The van der Waals surface area contributed by atoms with Gasteiger partial charge < -0.3 is 10.4 Å². The van der Waals surface area contributed by atoms with Gasteiger partial charge in [0.25, 0.3) is 0 Å². The minimum atomic E-state index is -0.318. The molecule has 1 heterocycles. The van der Waals surface area contributed by atoms with Crippen molar-refractivity contribution in [1.29, 1.82) is 0 Å². The van der Waals surface area contributed by atoms with Crippen molar-refractivity contribution in [2.75, 3.05) is 6.54 Å². The summed E-state index contributed by atoms with van der Waals surface area (Å²) in [5, 5.41) is 13.1. The lowest BCUT2D eigenvalue weighted by atomic mass is 9.97. The fourth-order valence-corrected chi connectivity index (χ4v) is 2.42. The van der Waals surface area contributed by atoms with Gasteiger partial charge >= 0.3 is 0 Å². The smallest absolute Gasteiger partial charge is 0.134 e. The second kappa shape index (κ2) is 4.49. The van der Waals surface area contributed by atoms with Crippen LogP contribution in [0.3, 0.4) is 0 Å². The lowest BCUT2D eigenvalue weighted by molar-refractivity contribution is 0.387. The average molecular weight is 274 g/mol. The third-order valence-corrected chi connectivity index (χ3v) is 3.35. The zero-order valence-electron chi connectivity index (χ0n) is 8.26. The molecule has 82 valence electrons. The quantitative estimate of drug-likeness (QED) is 0.824. The van der Waals surface area contributed by atoms with Gasteiger partial charge in [-0.1, -0.05) is 6.42 Å². The molecule has 15 heavy (non-hydrogen) atoms. The molecular formula is C11H13BrFNO. The highest BCUT2D eigenvalue weighted by Gasteiger charge is 2.20. The van der Waals surface area contributed by atoms with E-state index in [1.165, 1.54) is 12.1 Å². The molecule has 0 aromatic heterocycles. The van der Waals surface area contributed by atoms with Gasteiger partial charge in [-0.3, -0.25) is 0 Å². The fraction of sp³-hybridized carbons (Fsp3) is 0.455. The fourth-order valence-electron chi connectivity index (χ4n) is 1.97. The summed E-state index contributed by atoms with van der Waals surface area (Å²) in [4.78, 5) is 0. The molecule has 1 aliphatic heterocycles. The molecule has 1 atom stereocenters. The highest BCUT2D eigenvalue weighted by atomic mass is 79.9. The monoisotopic (exact) mass is 273 g/mol. The zero-order chi connectivity index (χ0) is 10.8. The largest absolute Gasteiger partial charge is 0.506 e. The number of aromatic hydroxyl groups is 1. The molecule has 1 aromatic carbocycles. The van der Waals surface area contributed by atoms with Crippen LogP contribution in [0.2, 0.25) is 0 Å². The topological polar surface area (TPSA) is 32.3 Å². The molecule has 4 heteroatoms. The number of halogens is 2. The van der Waals surface area contributed by atoms with E-state index in [1.807, 2.05) is 0 Å². The van der Waals surface area contributed by atoms with Crippen molar-refractivity contribution >= 4 is 15.9 Å². The molecule has 1 aliphatic rings. The van der Waals surface area contributed by atoms with Gasteiger partial charge in [0.15, 0.2) is 0 Å². The molecule has 0 saturated carbocycles. The number of nitrogens with one attached hydrogen (secondary N) is 1. The molecule has 1 fully saturated rings. The van der Waals surface area contributed by atoms with Gasteiger partial charge in [-0.05, 0) is 47.4 Å². The van der Waals surface area contributed by atoms with Crippen LogP contribution in [-0.4, -0.2) is 11.7 Å². The number of benzene rings is 1. The standard InChI is InChI=1S/C11H13BrFNO/c12-9-6-7(13)5-8(11(9)15)10-3-1-2-4-14-10/h5-6,10,14-15H,1-4H2/t10-/m1/s1. The first-order chi connectivity index (χ1) is 7.18. The van der Waals surface area contributed by atoms with Crippen LogP contribution in [0.25, 0.3) is 0 Å². The van der Waals surface area contributed by atoms with Crippen molar-refractivity contribution in [3.8, 4) is 5.75 Å². The van der Waals surface area contributed by atoms with E-state index in [0.717, 1.165) is 25.8 Å². The molecule has 0 unspecified atom stereocenters. The van der Waals surface area contributed by atoms with E-state index in [1.54, 1.807) is 0 Å². The molecular weight excluding hydrogens is 261 g/mol. The van der Waals surface area contributed by atoms with Crippen molar-refractivity contribution in [2.24, 2.45) is 0 Å². The summed E-state index contributed by atoms with van der Waals surface area (Å²) in [6.45, 7) is 0.929. The number of phenols is 1. The Kier molecular flexibility index (Phi) is 3.26. The Morgan fingerprint density at radius 3 is 2.87 bits per heavy atom. The average Bonchev–Trinajstić information content (AvgIpc) is 2.24. The first-order valence-electron chi connectivity index (χ1n) is 5.10. The van der Waals surface area contributed by atoms with Gasteiger partial charge in [-0.15, -0.1) is 0 Å². The molecule has 0 radical (unpaired) electrons. The van der Waals surface area contributed by atoms with E-state index < -0.39 is 0 Å². The zero-order valence-corrected chi connectivity index (χ0v) is 9.85. The normalized spacial score (nSPS) is 21.6. The molecule has 2 rings (SSSR count). The molecule has 1 saturated heterocycles. The van der Waals surface area contributed by atoms with Crippen LogP contribution < -0.4 is 5.32 Å². The van der Waals surface area contributed by atoms with Crippen molar-refractivity contribution in [1.82, 2.24) is 5.32 Å². The van der Waals surface area contributed by atoms with Gasteiger partial charge in [0, 0.05) is 11.6 Å². The van der Waals surface area contributed by atoms with Crippen LogP contribution >= 0.6 is 15.9 Å². The first kappa shape index (κ1) is 10.9. The van der Waals surface area contributed by atoms with Gasteiger partial charge in [0.05, 0.1) is 4.47 Å². The predicted molar refractivity (Wildman–Crippen MR) is 60.4 cm³/mol. The van der Waals surface area contributed by atoms with Gasteiger partial charge in [0.1, 0.15) is 11.6 Å². The molecule has 2 N–H and O–H groups in total. The van der Waals surface area contributed by atoms with Gasteiger partial charge in [-0.25, -0.2) is 4.39 Å². The first-order valence-corrected chi connectivity index (χ1v) is 5.89. The Morgan fingerprint density at radius 1 is 1.40 bits per heavy atom. The highest BCUT2D eigenvalue weighted by molar-refractivity contribution is 9.10. The third-order valence-electron chi connectivity index (χ3n) is 2.74. The summed E-state index contributed by atoms with van der Waals surface area (Å²) in [6.07, 6.45) is 3.21. The maximum absolute atomic E-state index is 13.2. The predicted octanol–water partition coefficient (Wildman–Crippen LogP) is 3.11. The Balaban J connectivity index is 2.33. The van der Waals surface area contributed by atoms with Crippen LogP contribution in [0.5, 0.6) is 5.75 Å². The van der Waals surface area contributed by atoms with Gasteiger partial charge in [-0.2, -0.15) is 0 Å². The Morgan fingerprint density at radius 2 is 2.20 bits per heavy atom. The Bertz CT molecular complexity index is 364. The van der Waals surface area contributed by atoms with Crippen molar-refractivity contribution in [2.45, 2.75) is 25.3 Å². The second-order valence-corrected chi connectivity index (χ2v) is 4.68. The summed E-state index contributed by atoms with van der Waals surface area (Å²) >= 11 is 3.15. The van der Waals surface area contributed by atoms with Crippen LogP contribution in [0.15, 0.2) is 16.6 Å². The third kappa shape index (κ3) is 2.32. The number of hydrogen-bond donors (Lipinski definition) is 2. The van der Waals surface area contributed by atoms with E-state index in [2.05, 4.69) is 21.2 Å². The van der Waals surface area contributed by atoms with Crippen molar-refractivity contribution < 1.29 is 9.50 Å². The van der Waals surface area contributed by atoms with Crippen LogP contribution in [0.4, 0.5) is 4.39 Å². The maximum atomic E-state index is 13.2. The molecule has 2 nitrogen and oxygen atoms in total. The molecule has 0 aliphatic carbocycles. The van der Waals surface area contributed by atoms with E-state index in [9.17, 15) is 9.50 Å². The molecule has 0 spiro atoms. The number of phenolic OH excluding ortho intramolecular Hbond substituents is 1. The highest BCUT2D eigenvalue weighted by Crippen LogP contribution is 2.35. The van der Waals surface area contributed by atoms with E-state index in [-0.39, 0.29) is 17.6 Å². The SMILES string of the molecule is Oc1c(Br)cc(F)cc1[C@H]1CCCCN1. The molecule has 0 amide bonds. The number of rotatable bonds is 1. The summed E-state index contributed by atoms with van der Waals surface area (Å²) in [5.74, 6) is -0.169. The Labute approximate surface area is 96.6 Å². The molecule has 0 bridgehead atoms. The van der Waals surface area contributed by atoms with Crippen LogP contribution in [0, 0.1) is 5.82 Å². The van der Waals surface area contributed by atoms with E-state index >= 15 is 0 Å². The number of piperidine rings is 1. The summed E-state index contributed by atoms with van der Waals surface area (Å²) in [7, 11) is 0. The van der Waals surface area contributed by atoms with Gasteiger partial charge in [0.2, 0.25) is 0 Å². The minimum absolute atomic E-state index is 0.0748. The number of hydrogen-bond acceptors (Lipinski definition) is 2. The van der Waals surface area contributed by atoms with E-state index in [0.29, 0.717) is 10.0 Å². The summed E-state index contributed by atoms with van der Waals surface area (Å²) in [5.41, 5.74) is 0.654. The molecule has 1 aromatic rings. The van der Waals surface area contributed by atoms with E-state index in [4.69, 9.17) is 0 Å². The minimum Gasteiger partial charge on any atom is -0.506 e. The lowest BCUT2D eigenvalue weighted by Gasteiger charge is -2.24. The Hall–Kier alpha value is -0.610. The summed E-state index contributed by atoms with van der Waals surface area (Å²) in [6, 6.07) is 2.76. The lowest BCUT2D eigenvalue weighted by Crippen LogP contribution is -2.26. The van der Waals surface area contributed by atoms with Crippen LogP contribution in [0.1, 0.15) is 30.9 Å². The second-order valence-electron chi connectivity index (χ2n) is 3.83. The van der Waals surface area contributed by atoms with Crippen molar-refractivity contribution in [3.05, 3.63) is 28.0 Å². The van der Waals surface area contributed by atoms with Crippen LogP contribution in [-0.2, 0) is 0 Å². The van der Waals surface area contributed by atoms with Crippen molar-refractivity contribution in [3.63, 3.8) is 0 Å². The summed E-state index contributed by atoms with van der Waals surface area (Å²) < 4.78 is 13.6. The maximum Gasteiger partial charge on any atom is 0.134 e.